The molecule has 0 radical (unpaired) electrons. The van der Waals surface area contributed by atoms with Gasteiger partial charge in [0.15, 0.2) is 0 Å². The molecule has 0 unspecified atom stereocenters. The highest BCUT2D eigenvalue weighted by Crippen LogP contribution is 2.30. The van der Waals surface area contributed by atoms with E-state index >= 15 is 0 Å². The van der Waals surface area contributed by atoms with Crippen molar-refractivity contribution in [2.45, 2.75) is 6.61 Å². The van der Waals surface area contributed by atoms with E-state index in [1.165, 1.54) is 0 Å². The molecule has 0 bridgehead atoms. The number of nitrogens with two attached hydrogens (primary N) is 1. The summed E-state index contributed by atoms with van der Waals surface area (Å²) >= 11 is 7.66. The first-order chi connectivity index (χ1) is 9.24. The van der Waals surface area contributed by atoms with E-state index in [-0.39, 0.29) is 0 Å². The largest absolute Gasteiger partial charge is 0.484 e. The lowest BCUT2D eigenvalue weighted by atomic mass is 10.3. The highest BCUT2D eigenvalue weighted by Gasteiger charge is 2.08. The molecule has 0 atom stereocenters. The van der Waals surface area contributed by atoms with Gasteiger partial charge in [0.05, 0.1) is 20.9 Å². The first-order valence-corrected chi connectivity index (χ1v) is 6.95. The van der Waals surface area contributed by atoms with Gasteiger partial charge in [0, 0.05) is 0 Å². The summed E-state index contributed by atoms with van der Waals surface area (Å²) in [4.78, 5) is 4.49. The molecular weight excluding hydrogens is 280 g/mol. The lowest BCUT2D eigenvalue weighted by molar-refractivity contribution is 0.307. The minimum atomic E-state index is 0.393. The summed E-state index contributed by atoms with van der Waals surface area (Å²) < 4.78 is 6.66. The number of ether oxygens (including phenoxy) is 1. The molecule has 0 spiro atoms. The molecule has 1 heterocycles. The molecule has 0 aliphatic rings. The Hall–Kier alpha value is -1.78. The van der Waals surface area contributed by atoms with Crippen LogP contribution in [0, 0.1) is 0 Å². The third-order valence-electron chi connectivity index (χ3n) is 2.68. The molecule has 0 aliphatic carbocycles. The van der Waals surface area contributed by atoms with Crippen LogP contribution in [0.5, 0.6) is 5.75 Å². The predicted octanol–water partition coefficient (Wildman–Crippen LogP) is 4.11. The lowest BCUT2D eigenvalue weighted by Gasteiger charge is -2.06. The van der Waals surface area contributed by atoms with Crippen LogP contribution in [0.2, 0.25) is 5.02 Å². The van der Waals surface area contributed by atoms with E-state index in [1.54, 1.807) is 11.3 Å². The summed E-state index contributed by atoms with van der Waals surface area (Å²) in [6, 6.07) is 13.1. The molecule has 0 amide bonds. The lowest BCUT2D eigenvalue weighted by Crippen LogP contribution is -1.97. The zero-order valence-electron chi connectivity index (χ0n) is 9.97. The van der Waals surface area contributed by atoms with E-state index in [9.17, 15) is 0 Å². The molecular formula is C14H11ClN2OS. The number of halogens is 1. The third-order valence-corrected chi connectivity index (χ3v) is 4.19. The number of anilines is 1. The van der Waals surface area contributed by atoms with Crippen molar-refractivity contribution in [1.29, 1.82) is 0 Å². The third kappa shape index (κ3) is 2.50. The highest BCUT2D eigenvalue weighted by atomic mass is 35.5. The number of thiazole rings is 1. The first kappa shape index (κ1) is 12.3. The van der Waals surface area contributed by atoms with Gasteiger partial charge < -0.3 is 10.5 Å². The molecule has 19 heavy (non-hydrogen) atoms. The van der Waals surface area contributed by atoms with Crippen molar-refractivity contribution < 1.29 is 4.74 Å². The number of nitrogens with zero attached hydrogens (tertiary/aromatic N) is 1. The van der Waals surface area contributed by atoms with E-state index < -0.39 is 0 Å². The maximum absolute atomic E-state index is 6.12. The van der Waals surface area contributed by atoms with Gasteiger partial charge in [-0.15, -0.1) is 11.3 Å². The summed E-state index contributed by atoms with van der Waals surface area (Å²) in [5.74, 6) is 0.674. The minimum Gasteiger partial charge on any atom is -0.484 e. The fourth-order valence-corrected chi connectivity index (χ4v) is 2.94. The quantitative estimate of drug-likeness (QED) is 0.738. The number of aromatic nitrogens is 1. The Morgan fingerprint density at radius 2 is 2.00 bits per heavy atom. The Morgan fingerprint density at radius 1 is 1.16 bits per heavy atom. The molecule has 0 aliphatic heterocycles. The van der Waals surface area contributed by atoms with Crippen molar-refractivity contribution in [2.24, 2.45) is 0 Å². The summed E-state index contributed by atoms with van der Waals surface area (Å²) in [6.07, 6.45) is 0. The van der Waals surface area contributed by atoms with Crippen molar-refractivity contribution >= 4 is 38.8 Å². The summed E-state index contributed by atoms with van der Waals surface area (Å²) in [5, 5.41) is 1.60. The molecule has 3 nitrogen and oxygen atoms in total. The number of benzene rings is 2. The second-order valence-corrected chi connectivity index (χ2v) is 5.51. The zero-order valence-corrected chi connectivity index (χ0v) is 11.5. The Kier molecular flexibility index (Phi) is 3.27. The molecule has 5 heteroatoms. The van der Waals surface area contributed by atoms with Crippen LogP contribution < -0.4 is 10.5 Å². The fourth-order valence-electron chi connectivity index (χ4n) is 1.77. The van der Waals surface area contributed by atoms with Crippen LogP contribution >= 0.6 is 22.9 Å². The summed E-state index contributed by atoms with van der Waals surface area (Å²) in [7, 11) is 0. The van der Waals surface area contributed by atoms with E-state index in [1.807, 2.05) is 42.5 Å². The fraction of sp³-hybridized carbons (Fsp3) is 0.0714. The SMILES string of the molecule is Nc1ccccc1OCc1nc2cccc(Cl)c2s1. The number of fused-ring (bicyclic) bond motifs is 1. The predicted molar refractivity (Wildman–Crippen MR) is 79.8 cm³/mol. The first-order valence-electron chi connectivity index (χ1n) is 5.75. The van der Waals surface area contributed by atoms with E-state index in [0.29, 0.717) is 18.0 Å². The molecule has 1 aromatic heterocycles. The number of para-hydroxylation sites is 2. The maximum Gasteiger partial charge on any atom is 0.142 e. The Labute approximate surface area is 119 Å². The standard InChI is InChI=1S/C14H11ClN2OS/c15-9-4-3-6-11-14(9)19-13(17-11)8-18-12-7-2-1-5-10(12)16/h1-7H,8,16H2. The summed E-state index contributed by atoms with van der Waals surface area (Å²) in [6.45, 7) is 0.393. The van der Waals surface area contributed by atoms with Gasteiger partial charge in [-0.25, -0.2) is 4.98 Å². The van der Waals surface area contributed by atoms with Crippen LogP contribution in [0.15, 0.2) is 42.5 Å². The number of hydrogen-bond acceptors (Lipinski definition) is 4. The smallest absolute Gasteiger partial charge is 0.142 e. The highest BCUT2D eigenvalue weighted by molar-refractivity contribution is 7.19. The average molecular weight is 291 g/mol. The zero-order chi connectivity index (χ0) is 13.2. The van der Waals surface area contributed by atoms with Gasteiger partial charge in [-0.3, -0.25) is 0 Å². The molecule has 96 valence electrons. The topological polar surface area (TPSA) is 48.1 Å². The van der Waals surface area contributed by atoms with Crippen molar-refractivity contribution in [2.75, 3.05) is 5.73 Å². The van der Waals surface area contributed by atoms with Gasteiger partial charge in [0.1, 0.15) is 17.4 Å². The maximum atomic E-state index is 6.12. The van der Waals surface area contributed by atoms with Gasteiger partial charge in [-0.05, 0) is 24.3 Å². The monoisotopic (exact) mass is 290 g/mol. The van der Waals surface area contributed by atoms with E-state index in [0.717, 1.165) is 20.2 Å². The van der Waals surface area contributed by atoms with Gasteiger partial charge in [-0.2, -0.15) is 0 Å². The number of nitrogen functional groups attached to an aromatic ring is 1. The van der Waals surface area contributed by atoms with Crippen LogP contribution in [0.25, 0.3) is 10.2 Å². The second-order valence-electron chi connectivity index (χ2n) is 4.02. The molecule has 3 aromatic rings. The van der Waals surface area contributed by atoms with Crippen molar-refractivity contribution in [1.82, 2.24) is 4.98 Å². The Balaban J connectivity index is 1.83. The normalized spacial score (nSPS) is 10.8. The van der Waals surface area contributed by atoms with Gasteiger partial charge in [-0.1, -0.05) is 29.8 Å². The van der Waals surface area contributed by atoms with Gasteiger partial charge in [0.25, 0.3) is 0 Å². The van der Waals surface area contributed by atoms with Crippen molar-refractivity contribution in [3.05, 3.63) is 52.5 Å². The van der Waals surface area contributed by atoms with E-state index in [2.05, 4.69) is 4.98 Å². The van der Waals surface area contributed by atoms with Crippen LogP contribution in [0.4, 0.5) is 5.69 Å². The molecule has 0 fully saturated rings. The summed E-state index contributed by atoms with van der Waals surface area (Å²) in [5.41, 5.74) is 7.35. The van der Waals surface area contributed by atoms with Crippen molar-refractivity contribution in [3.8, 4) is 5.75 Å². The van der Waals surface area contributed by atoms with Crippen LogP contribution in [0.3, 0.4) is 0 Å². The molecule has 0 saturated heterocycles. The minimum absolute atomic E-state index is 0.393. The second kappa shape index (κ2) is 5.07. The molecule has 3 rings (SSSR count). The van der Waals surface area contributed by atoms with Crippen LogP contribution in [-0.4, -0.2) is 4.98 Å². The van der Waals surface area contributed by atoms with E-state index in [4.69, 9.17) is 22.1 Å². The van der Waals surface area contributed by atoms with Gasteiger partial charge in [0.2, 0.25) is 0 Å². The van der Waals surface area contributed by atoms with Crippen LogP contribution in [-0.2, 0) is 6.61 Å². The van der Waals surface area contributed by atoms with Crippen molar-refractivity contribution in [3.63, 3.8) is 0 Å². The Bertz CT molecular complexity index is 726. The number of rotatable bonds is 3. The molecule has 2 aromatic carbocycles. The number of hydrogen-bond donors (Lipinski definition) is 1. The molecule has 2 N–H and O–H groups in total. The Morgan fingerprint density at radius 3 is 2.79 bits per heavy atom. The average Bonchev–Trinajstić information content (AvgIpc) is 2.82. The van der Waals surface area contributed by atoms with Gasteiger partial charge >= 0.3 is 0 Å². The van der Waals surface area contributed by atoms with Crippen LogP contribution in [0.1, 0.15) is 5.01 Å². The molecule has 0 saturated carbocycles.